The fourth-order valence-electron chi connectivity index (χ4n) is 5.94. The van der Waals surface area contributed by atoms with Crippen LogP contribution in [0.1, 0.15) is 147 Å². The van der Waals surface area contributed by atoms with Crippen LogP contribution in [0.5, 0.6) is 0 Å². The van der Waals surface area contributed by atoms with Gasteiger partial charge in [-0.25, -0.2) is 0 Å². The highest BCUT2D eigenvalue weighted by molar-refractivity contribution is 5.32. The second kappa shape index (κ2) is 27.5. The van der Waals surface area contributed by atoms with Crippen LogP contribution < -0.4 is 0 Å². The molecule has 0 aliphatic carbocycles. The monoisotopic (exact) mass is 943 g/mol. The summed E-state index contributed by atoms with van der Waals surface area (Å²) < 4.78 is 156. The van der Waals surface area contributed by atoms with E-state index in [1.54, 1.807) is 50.2 Å². The van der Waals surface area contributed by atoms with Crippen molar-refractivity contribution >= 4 is 0 Å². The Morgan fingerprint density at radius 1 is 0.431 bits per heavy atom. The topological polar surface area (TPSA) is 64.6 Å². The summed E-state index contributed by atoms with van der Waals surface area (Å²) in [6, 6.07) is 19.4. The summed E-state index contributed by atoms with van der Waals surface area (Å²) in [5.74, 6) is 0.828. The Balaban J connectivity index is 0.000000488. The molecule has 3 aromatic carbocycles. The standard InChI is InChI=1S/C17H25F3O3.2C16H23F3O2/c1-5-13(2)14-6-8-15(9-7-14)16(3,17(18,19)20)23-12-22-11-10-21-4;1-5-12(3)13-7-9-14(10-8-13)15(4,16(17,18)19)21-11-20-6-2;1-5-12(3)13-8-7-9-14(10-13)15(4,16(17,18)19)21-11-20-6-2/h6-9,13H,5,10-12H2,1-4H3;2*7-10,12H,5-6,11H2,1-4H3. The highest BCUT2D eigenvalue weighted by atomic mass is 19.4. The predicted molar refractivity (Wildman–Crippen MR) is 235 cm³/mol. The maximum atomic E-state index is 13.5. The van der Waals surface area contributed by atoms with Gasteiger partial charge in [-0.3, -0.25) is 0 Å². The van der Waals surface area contributed by atoms with E-state index in [1.807, 2.05) is 47.6 Å². The molecule has 0 aliphatic rings. The summed E-state index contributed by atoms with van der Waals surface area (Å²) in [6.07, 6.45) is -10.8. The second-order valence-electron chi connectivity index (χ2n) is 16.1. The zero-order valence-electron chi connectivity index (χ0n) is 40.0. The molecule has 372 valence electrons. The zero-order chi connectivity index (χ0) is 49.7. The van der Waals surface area contributed by atoms with Crippen molar-refractivity contribution in [2.75, 3.05) is 53.9 Å². The molecule has 6 atom stereocenters. The van der Waals surface area contributed by atoms with Crippen LogP contribution in [0.4, 0.5) is 39.5 Å². The molecule has 0 bridgehead atoms. The third kappa shape index (κ3) is 17.4. The van der Waals surface area contributed by atoms with Gasteiger partial charge in [-0.15, -0.1) is 0 Å². The third-order valence-electron chi connectivity index (χ3n) is 11.7. The van der Waals surface area contributed by atoms with Crippen LogP contribution in [0, 0.1) is 0 Å². The molecule has 0 N–H and O–H groups in total. The van der Waals surface area contributed by atoms with Crippen LogP contribution in [0.3, 0.4) is 0 Å². The van der Waals surface area contributed by atoms with Gasteiger partial charge in [-0.05, 0) is 105 Å². The van der Waals surface area contributed by atoms with Gasteiger partial charge in [-0.2, -0.15) is 39.5 Å². The molecule has 0 heterocycles. The van der Waals surface area contributed by atoms with Crippen molar-refractivity contribution in [3.8, 4) is 0 Å². The van der Waals surface area contributed by atoms with Gasteiger partial charge in [0.2, 0.25) is 0 Å². The van der Waals surface area contributed by atoms with Gasteiger partial charge in [0, 0.05) is 20.3 Å². The first-order chi connectivity index (χ1) is 30.3. The number of benzene rings is 3. The van der Waals surface area contributed by atoms with Gasteiger partial charge in [0.15, 0.2) is 16.8 Å². The summed E-state index contributed by atoms with van der Waals surface area (Å²) >= 11 is 0. The Labute approximate surface area is 380 Å². The lowest BCUT2D eigenvalue weighted by Crippen LogP contribution is -2.42. The number of hydrogen-bond acceptors (Lipinski definition) is 7. The van der Waals surface area contributed by atoms with Crippen LogP contribution >= 0.6 is 0 Å². The quantitative estimate of drug-likeness (QED) is 0.0533. The van der Waals surface area contributed by atoms with Crippen molar-refractivity contribution in [1.29, 1.82) is 0 Å². The minimum Gasteiger partial charge on any atom is -0.382 e. The van der Waals surface area contributed by atoms with E-state index in [0.29, 0.717) is 31.7 Å². The molecule has 0 spiro atoms. The number of halogens is 9. The molecule has 0 aliphatic heterocycles. The predicted octanol–water partition coefficient (Wildman–Crippen LogP) is 14.6. The lowest BCUT2D eigenvalue weighted by molar-refractivity contribution is -0.299. The first-order valence-corrected chi connectivity index (χ1v) is 21.9. The zero-order valence-corrected chi connectivity index (χ0v) is 40.0. The molecule has 16 heteroatoms. The van der Waals surface area contributed by atoms with E-state index >= 15 is 0 Å². The number of methoxy groups -OCH3 is 1. The lowest BCUT2D eigenvalue weighted by atomic mass is 9.89. The Morgan fingerprint density at radius 2 is 0.769 bits per heavy atom. The molecule has 3 aromatic rings. The minimum absolute atomic E-state index is 0.0624. The summed E-state index contributed by atoms with van der Waals surface area (Å²) in [7, 11) is 1.49. The van der Waals surface area contributed by atoms with E-state index in [9.17, 15) is 39.5 Å². The Kier molecular flexibility index (Phi) is 25.3. The molecule has 0 saturated carbocycles. The van der Waals surface area contributed by atoms with E-state index in [1.165, 1.54) is 37.4 Å². The molecule has 0 aromatic heterocycles. The molecule has 6 unspecified atom stereocenters. The highest BCUT2D eigenvalue weighted by Crippen LogP contribution is 2.45. The van der Waals surface area contributed by atoms with Crippen LogP contribution in [-0.2, 0) is 50.0 Å². The molecular formula is C49H71F9O7. The van der Waals surface area contributed by atoms with Gasteiger partial charge in [0.25, 0.3) is 0 Å². The van der Waals surface area contributed by atoms with E-state index in [-0.39, 0.29) is 42.8 Å². The van der Waals surface area contributed by atoms with Crippen LogP contribution in [-0.4, -0.2) is 72.4 Å². The molecule has 3 rings (SSSR count). The van der Waals surface area contributed by atoms with E-state index in [4.69, 9.17) is 33.2 Å². The molecule has 7 nitrogen and oxygen atoms in total. The second-order valence-corrected chi connectivity index (χ2v) is 16.1. The summed E-state index contributed by atoms with van der Waals surface area (Å²) in [5.41, 5.74) is -3.98. The van der Waals surface area contributed by atoms with E-state index < -0.39 is 42.1 Å². The molecule has 0 saturated heterocycles. The molecule has 65 heavy (non-hydrogen) atoms. The van der Waals surface area contributed by atoms with Crippen molar-refractivity contribution in [2.24, 2.45) is 0 Å². The van der Waals surface area contributed by atoms with Crippen LogP contribution in [0.25, 0.3) is 0 Å². The van der Waals surface area contributed by atoms with Gasteiger partial charge in [0.05, 0.1) is 13.2 Å². The molecule has 0 radical (unpaired) electrons. The largest absolute Gasteiger partial charge is 0.421 e. The number of alkyl halides is 9. The van der Waals surface area contributed by atoms with Crippen molar-refractivity contribution < 1.29 is 72.7 Å². The third-order valence-corrected chi connectivity index (χ3v) is 11.7. The van der Waals surface area contributed by atoms with Crippen molar-refractivity contribution in [2.45, 2.75) is 149 Å². The maximum Gasteiger partial charge on any atom is 0.421 e. The first kappa shape index (κ1) is 59.8. The van der Waals surface area contributed by atoms with Crippen LogP contribution in [0.15, 0.2) is 72.8 Å². The van der Waals surface area contributed by atoms with E-state index in [2.05, 4.69) is 0 Å². The summed E-state index contributed by atoms with van der Waals surface area (Å²) in [5, 5.41) is 0. The SMILES string of the molecule is CCC(C)c1ccc(C(C)(OCOCCOC)C(F)(F)F)cc1.CCOCOC(C)(c1ccc(C(C)CC)cc1)C(F)(F)F.CCOCOC(C)(c1cccc(C(C)CC)c1)C(F)(F)F. The molecular weight excluding hydrogens is 872 g/mol. The minimum atomic E-state index is -4.55. The fourth-order valence-corrected chi connectivity index (χ4v) is 5.94. The lowest BCUT2D eigenvalue weighted by Gasteiger charge is -2.33. The summed E-state index contributed by atoms with van der Waals surface area (Å²) in [6.45, 7) is 18.5. The number of hydrogen-bond donors (Lipinski definition) is 0. The van der Waals surface area contributed by atoms with E-state index in [0.717, 1.165) is 56.7 Å². The van der Waals surface area contributed by atoms with Gasteiger partial charge >= 0.3 is 18.5 Å². The Bertz CT molecular complexity index is 1740. The Hall–Kier alpha value is -3.25. The Morgan fingerprint density at radius 3 is 1.09 bits per heavy atom. The summed E-state index contributed by atoms with van der Waals surface area (Å²) in [4.78, 5) is 0. The molecule has 0 amide bonds. The van der Waals surface area contributed by atoms with Gasteiger partial charge in [0.1, 0.15) is 20.4 Å². The van der Waals surface area contributed by atoms with Gasteiger partial charge in [-0.1, -0.05) is 114 Å². The smallest absolute Gasteiger partial charge is 0.382 e. The number of rotatable bonds is 23. The van der Waals surface area contributed by atoms with Crippen molar-refractivity contribution in [1.82, 2.24) is 0 Å². The highest BCUT2D eigenvalue weighted by Gasteiger charge is 2.55. The first-order valence-electron chi connectivity index (χ1n) is 21.9. The number of ether oxygens (including phenoxy) is 7. The average molecular weight is 943 g/mol. The maximum absolute atomic E-state index is 13.5. The molecule has 0 fully saturated rings. The van der Waals surface area contributed by atoms with Crippen molar-refractivity contribution in [3.05, 3.63) is 106 Å². The normalized spacial score (nSPS) is 16.4. The average Bonchev–Trinajstić information content (AvgIpc) is 3.27. The van der Waals surface area contributed by atoms with Gasteiger partial charge < -0.3 is 33.2 Å². The fraction of sp³-hybridized carbons (Fsp3) is 0.633. The van der Waals surface area contributed by atoms with Crippen LogP contribution in [0.2, 0.25) is 0 Å². The van der Waals surface area contributed by atoms with Crippen molar-refractivity contribution in [3.63, 3.8) is 0 Å².